The van der Waals surface area contributed by atoms with Crippen molar-refractivity contribution in [3.63, 3.8) is 0 Å². The Labute approximate surface area is 133 Å². The molecule has 0 aromatic carbocycles. The van der Waals surface area contributed by atoms with E-state index in [0.29, 0.717) is 25.9 Å². The summed E-state index contributed by atoms with van der Waals surface area (Å²) >= 11 is 0. The van der Waals surface area contributed by atoms with Crippen molar-refractivity contribution in [3.05, 3.63) is 0 Å². The quantitative estimate of drug-likeness (QED) is 0.851. The fourth-order valence-corrected chi connectivity index (χ4v) is 3.45. The van der Waals surface area contributed by atoms with Crippen molar-refractivity contribution < 1.29 is 19.4 Å². The van der Waals surface area contributed by atoms with Crippen LogP contribution in [0.1, 0.15) is 65.7 Å². The van der Waals surface area contributed by atoms with E-state index in [2.05, 4.69) is 0 Å². The second-order valence-electron chi connectivity index (χ2n) is 7.83. The largest absolute Gasteiger partial charge is 0.444 e. The lowest BCUT2D eigenvalue weighted by Gasteiger charge is -2.38. The van der Waals surface area contributed by atoms with Crippen molar-refractivity contribution in [2.75, 3.05) is 13.1 Å². The van der Waals surface area contributed by atoms with E-state index in [1.165, 1.54) is 0 Å². The van der Waals surface area contributed by atoms with Crippen LogP contribution < -0.4 is 0 Å². The molecule has 1 N–H and O–H groups in total. The molecule has 2 rings (SSSR count). The standard InChI is InChI=1S/C17H29NO4/c1-16(2,3)22-15(20)18-10-7-14(19)13(12-18)11-17(21)8-5-4-6-9-17/h13,21H,4-12H2,1-3H3. The minimum Gasteiger partial charge on any atom is -0.444 e. The molecular formula is C17H29NO4. The Morgan fingerprint density at radius 3 is 2.55 bits per heavy atom. The molecule has 5 heteroatoms. The van der Waals surface area contributed by atoms with Crippen LogP contribution in [0.2, 0.25) is 0 Å². The van der Waals surface area contributed by atoms with Crippen LogP contribution in [0.5, 0.6) is 0 Å². The second-order valence-corrected chi connectivity index (χ2v) is 7.83. The van der Waals surface area contributed by atoms with Crippen LogP contribution in [-0.2, 0) is 9.53 Å². The number of carbonyl (C=O) groups excluding carboxylic acids is 2. The molecule has 1 unspecified atom stereocenters. The fourth-order valence-electron chi connectivity index (χ4n) is 3.45. The molecule has 0 aromatic rings. The third kappa shape index (κ3) is 4.70. The topological polar surface area (TPSA) is 66.8 Å². The highest BCUT2D eigenvalue weighted by atomic mass is 16.6. The third-order valence-electron chi connectivity index (χ3n) is 4.59. The number of amides is 1. The molecule has 2 fully saturated rings. The van der Waals surface area contributed by atoms with E-state index in [-0.39, 0.29) is 17.8 Å². The minimum atomic E-state index is -0.727. The van der Waals surface area contributed by atoms with Crippen LogP contribution in [0.25, 0.3) is 0 Å². The molecule has 5 nitrogen and oxygen atoms in total. The summed E-state index contributed by atoms with van der Waals surface area (Å²) in [5, 5.41) is 10.7. The van der Waals surface area contributed by atoms with Crippen molar-refractivity contribution in [3.8, 4) is 0 Å². The average molecular weight is 311 g/mol. The lowest BCUT2D eigenvalue weighted by molar-refractivity contribution is -0.129. The molecule has 0 bridgehead atoms. The summed E-state index contributed by atoms with van der Waals surface area (Å²) in [4.78, 5) is 26.0. The number of ketones is 1. The lowest BCUT2D eigenvalue weighted by atomic mass is 9.76. The summed E-state index contributed by atoms with van der Waals surface area (Å²) in [6.45, 7) is 6.30. The van der Waals surface area contributed by atoms with Crippen molar-refractivity contribution in [1.82, 2.24) is 4.90 Å². The maximum Gasteiger partial charge on any atom is 0.410 e. The first-order valence-electron chi connectivity index (χ1n) is 8.42. The highest BCUT2D eigenvalue weighted by Gasteiger charge is 2.38. The van der Waals surface area contributed by atoms with Crippen LogP contribution in [0, 0.1) is 5.92 Å². The first-order chi connectivity index (χ1) is 10.2. The first kappa shape index (κ1) is 17.3. The van der Waals surface area contributed by atoms with Gasteiger partial charge >= 0.3 is 6.09 Å². The smallest absolute Gasteiger partial charge is 0.410 e. The van der Waals surface area contributed by atoms with Gasteiger partial charge in [-0.1, -0.05) is 19.3 Å². The number of nitrogens with zero attached hydrogens (tertiary/aromatic N) is 1. The Morgan fingerprint density at radius 2 is 1.95 bits per heavy atom. The van der Waals surface area contributed by atoms with E-state index < -0.39 is 11.2 Å². The number of carbonyl (C=O) groups is 2. The minimum absolute atomic E-state index is 0.166. The van der Waals surface area contributed by atoms with E-state index in [0.717, 1.165) is 32.1 Å². The molecule has 1 amide bonds. The summed E-state index contributed by atoms with van der Waals surface area (Å²) < 4.78 is 5.39. The molecule has 2 aliphatic rings. The van der Waals surface area contributed by atoms with Gasteiger partial charge in [0.2, 0.25) is 0 Å². The van der Waals surface area contributed by atoms with Gasteiger partial charge in [0.1, 0.15) is 11.4 Å². The first-order valence-corrected chi connectivity index (χ1v) is 8.42. The van der Waals surface area contributed by atoms with Crippen molar-refractivity contribution >= 4 is 11.9 Å². The number of hydrogen-bond donors (Lipinski definition) is 1. The third-order valence-corrected chi connectivity index (χ3v) is 4.59. The fraction of sp³-hybridized carbons (Fsp3) is 0.882. The van der Waals surface area contributed by atoms with Gasteiger partial charge in [-0.2, -0.15) is 0 Å². The molecule has 126 valence electrons. The average Bonchev–Trinajstić information content (AvgIpc) is 2.40. The van der Waals surface area contributed by atoms with Gasteiger partial charge in [-0.3, -0.25) is 4.79 Å². The van der Waals surface area contributed by atoms with E-state index in [1.807, 2.05) is 20.8 Å². The van der Waals surface area contributed by atoms with Crippen LogP contribution >= 0.6 is 0 Å². The van der Waals surface area contributed by atoms with E-state index in [4.69, 9.17) is 4.74 Å². The molecule has 1 saturated carbocycles. The van der Waals surface area contributed by atoms with Crippen LogP contribution in [-0.4, -0.2) is 46.2 Å². The van der Waals surface area contributed by atoms with Gasteiger partial charge in [-0.05, 0) is 40.0 Å². The SMILES string of the molecule is CC(C)(C)OC(=O)N1CCC(=O)C(CC2(O)CCCCC2)C1. The number of ether oxygens (including phenoxy) is 1. The van der Waals surface area contributed by atoms with Gasteiger partial charge in [0.25, 0.3) is 0 Å². The Kier molecular flexibility index (Phi) is 5.15. The summed E-state index contributed by atoms with van der Waals surface area (Å²) in [6, 6.07) is 0. The molecule has 1 aliphatic heterocycles. The lowest BCUT2D eigenvalue weighted by Crippen LogP contribution is -2.48. The highest BCUT2D eigenvalue weighted by Crippen LogP contribution is 2.35. The van der Waals surface area contributed by atoms with Gasteiger partial charge < -0.3 is 14.7 Å². The normalized spacial score (nSPS) is 25.9. The molecule has 1 saturated heterocycles. The van der Waals surface area contributed by atoms with Gasteiger partial charge in [-0.15, -0.1) is 0 Å². The maximum absolute atomic E-state index is 12.2. The number of likely N-dealkylation sites (tertiary alicyclic amines) is 1. The zero-order valence-electron chi connectivity index (χ0n) is 14.1. The zero-order valence-corrected chi connectivity index (χ0v) is 14.1. The summed E-state index contributed by atoms with van der Waals surface area (Å²) in [6.07, 6.45) is 5.21. The number of Topliss-reactive ketones (excluding diaryl/α,β-unsaturated/α-hetero) is 1. The molecule has 0 aromatic heterocycles. The summed E-state index contributed by atoms with van der Waals surface area (Å²) in [7, 11) is 0. The molecule has 1 atom stereocenters. The Bertz CT molecular complexity index is 421. The zero-order chi connectivity index (χ0) is 16.4. The van der Waals surface area contributed by atoms with E-state index in [1.54, 1.807) is 4.90 Å². The van der Waals surface area contributed by atoms with Gasteiger partial charge in [0, 0.05) is 25.4 Å². The second kappa shape index (κ2) is 6.57. The number of piperidine rings is 1. The maximum atomic E-state index is 12.2. The molecular weight excluding hydrogens is 282 g/mol. The van der Waals surface area contributed by atoms with Gasteiger partial charge in [0.05, 0.1) is 5.60 Å². The molecule has 1 aliphatic carbocycles. The summed E-state index contributed by atoms with van der Waals surface area (Å²) in [5.41, 5.74) is -1.26. The predicted octanol–water partition coefficient (Wildman–Crippen LogP) is 2.90. The number of hydrogen-bond acceptors (Lipinski definition) is 4. The Morgan fingerprint density at radius 1 is 1.32 bits per heavy atom. The van der Waals surface area contributed by atoms with Crippen molar-refractivity contribution in [2.24, 2.45) is 5.92 Å². The summed E-state index contributed by atoms with van der Waals surface area (Å²) in [5.74, 6) is -0.0943. The number of aliphatic hydroxyl groups is 1. The van der Waals surface area contributed by atoms with Crippen LogP contribution in [0.4, 0.5) is 4.79 Å². The molecule has 22 heavy (non-hydrogen) atoms. The monoisotopic (exact) mass is 311 g/mol. The predicted molar refractivity (Wildman–Crippen MR) is 83.6 cm³/mol. The van der Waals surface area contributed by atoms with Crippen molar-refractivity contribution in [2.45, 2.75) is 76.9 Å². The molecule has 0 spiro atoms. The van der Waals surface area contributed by atoms with E-state index in [9.17, 15) is 14.7 Å². The van der Waals surface area contributed by atoms with Crippen molar-refractivity contribution in [1.29, 1.82) is 0 Å². The van der Waals surface area contributed by atoms with E-state index >= 15 is 0 Å². The van der Waals surface area contributed by atoms with Gasteiger partial charge in [-0.25, -0.2) is 4.79 Å². The Hall–Kier alpha value is -1.10. The molecule has 0 radical (unpaired) electrons. The highest BCUT2D eigenvalue weighted by molar-refractivity contribution is 5.84. The Balaban J connectivity index is 1.96. The van der Waals surface area contributed by atoms with Gasteiger partial charge in [0.15, 0.2) is 0 Å². The molecule has 1 heterocycles. The number of rotatable bonds is 2. The van der Waals surface area contributed by atoms with Crippen LogP contribution in [0.15, 0.2) is 0 Å². The van der Waals surface area contributed by atoms with Crippen LogP contribution in [0.3, 0.4) is 0 Å².